The maximum absolute atomic E-state index is 13.8. The third-order valence-electron chi connectivity index (χ3n) is 4.91. The van der Waals surface area contributed by atoms with Gasteiger partial charge in [0.1, 0.15) is 5.82 Å². The molecule has 1 N–H and O–H groups in total. The molecule has 0 unspecified atom stereocenters. The van der Waals surface area contributed by atoms with E-state index in [4.69, 9.17) is 5.26 Å². The minimum absolute atomic E-state index is 0.0131. The topological polar surface area (TPSA) is 52.9 Å². The Kier molecular flexibility index (Phi) is 3.67. The first kappa shape index (κ1) is 14.1. The number of hydrogen-bond donors (Lipinski definition) is 1. The minimum Gasteiger partial charge on any atom is -0.353 e. The predicted octanol–water partition coefficient (Wildman–Crippen LogP) is 3.18. The molecule has 3 rings (SSSR count). The van der Waals surface area contributed by atoms with Gasteiger partial charge in [-0.2, -0.15) is 5.26 Å². The molecule has 0 spiro atoms. The normalized spacial score (nSPS) is 20.6. The van der Waals surface area contributed by atoms with E-state index in [9.17, 15) is 9.18 Å². The molecule has 0 bridgehead atoms. The van der Waals surface area contributed by atoms with Crippen molar-refractivity contribution in [3.05, 3.63) is 35.1 Å². The van der Waals surface area contributed by atoms with Crippen LogP contribution in [0.2, 0.25) is 0 Å². The lowest BCUT2D eigenvalue weighted by Gasteiger charge is -2.34. The zero-order valence-electron chi connectivity index (χ0n) is 12.0. The number of hydrogen-bond acceptors (Lipinski definition) is 2. The molecule has 1 aromatic rings. The van der Waals surface area contributed by atoms with E-state index >= 15 is 0 Å². The average molecular weight is 286 g/mol. The summed E-state index contributed by atoms with van der Waals surface area (Å²) in [5, 5.41) is 12.1. The summed E-state index contributed by atoms with van der Waals surface area (Å²) in [6.45, 7) is 0. The van der Waals surface area contributed by atoms with Gasteiger partial charge in [0.2, 0.25) is 5.91 Å². The number of benzene rings is 1. The average Bonchev–Trinajstić information content (AvgIpc) is 2.92. The van der Waals surface area contributed by atoms with E-state index < -0.39 is 11.2 Å². The van der Waals surface area contributed by atoms with Gasteiger partial charge in [-0.15, -0.1) is 0 Å². The Balaban J connectivity index is 1.94. The fraction of sp³-hybridized carbons (Fsp3) is 0.529. The van der Waals surface area contributed by atoms with Crippen LogP contribution in [0.4, 0.5) is 4.39 Å². The molecule has 2 aliphatic carbocycles. The van der Waals surface area contributed by atoms with Crippen molar-refractivity contribution in [3.8, 4) is 6.07 Å². The monoisotopic (exact) mass is 286 g/mol. The Hall–Kier alpha value is -1.89. The quantitative estimate of drug-likeness (QED) is 0.927. The van der Waals surface area contributed by atoms with E-state index in [0.717, 1.165) is 44.9 Å². The van der Waals surface area contributed by atoms with Crippen molar-refractivity contribution < 1.29 is 9.18 Å². The fourth-order valence-electron chi connectivity index (χ4n) is 3.43. The summed E-state index contributed by atoms with van der Waals surface area (Å²) in [6, 6.07) is 6.57. The second-order valence-corrected chi connectivity index (χ2v) is 6.23. The minimum atomic E-state index is -0.650. The van der Waals surface area contributed by atoms with Gasteiger partial charge in [-0.25, -0.2) is 4.39 Å². The smallest absolute Gasteiger partial charge is 0.230 e. The molecule has 110 valence electrons. The van der Waals surface area contributed by atoms with Gasteiger partial charge in [-0.05, 0) is 55.9 Å². The van der Waals surface area contributed by atoms with E-state index in [1.54, 1.807) is 6.07 Å². The summed E-state index contributed by atoms with van der Waals surface area (Å²) in [6.07, 6.45) is 6.64. The highest BCUT2D eigenvalue weighted by Gasteiger charge is 2.44. The van der Waals surface area contributed by atoms with Gasteiger partial charge in [-0.1, -0.05) is 12.8 Å². The largest absolute Gasteiger partial charge is 0.353 e. The van der Waals surface area contributed by atoms with Crippen LogP contribution in [-0.4, -0.2) is 11.9 Å². The van der Waals surface area contributed by atoms with Crippen molar-refractivity contribution in [2.45, 2.75) is 56.4 Å². The molecule has 4 heteroatoms. The first-order valence-electron chi connectivity index (χ1n) is 7.66. The summed E-state index contributed by atoms with van der Waals surface area (Å²) in [5.74, 6) is -0.425. The number of nitrogens with one attached hydrogen (secondary N) is 1. The van der Waals surface area contributed by atoms with Crippen LogP contribution in [-0.2, 0) is 10.2 Å². The summed E-state index contributed by atoms with van der Waals surface area (Å²) < 4.78 is 13.8. The molecule has 21 heavy (non-hydrogen) atoms. The summed E-state index contributed by atoms with van der Waals surface area (Å²) in [7, 11) is 0. The van der Waals surface area contributed by atoms with E-state index in [0.29, 0.717) is 5.56 Å². The summed E-state index contributed by atoms with van der Waals surface area (Å²) in [5.41, 5.74) is 0.296. The Bertz CT molecular complexity index is 595. The van der Waals surface area contributed by atoms with Crippen LogP contribution < -0.4 is 5.32 Å². The molecule has 0 radical (unpaired) electrons. The molecule has 0 aromatic heterocycles. The number of nitriles is 1. The van der Waals surface area contributed by atoms with E-state index in [1.165, 1.54) is 12.1 Å². The van der Waals surface area contributed by atoms with Crippen LogP contribution in [0.15, 0.2) is 18.2 Å². The van der Waals surface area contributed by atoms with Crippen LogP contribution >= 0.6 is 0 Å². The fourth-order valence-corrected chi connectivity index (χ4v) is 3.43. The van der Waals surface area contributed by atoms with Crippen molar-refractivity contribution in [1.82, 2.24) is 5.32 Å². The molecule has 3 nitrogen and oxygen atoms in total. The van der Waals surface area contributed by atoms with Crippen molar-refractivity contribution in [1.29, 1.82) is 5.26 Å². The van der Waals surface area contributed by atoms with Crippen LogP contribution in [0.3, 0.4) is 0 Å². The number of amides is 1. The Morgan fingerprint density at radius 2 is 1.95 bits per heavy atom. The maximum atomic E-state index is 13.8. The summed E-state index contributed by atoms with van der Waals surface area (Å²) >= 11 is 0. The Morgan fingerprint density at radius 3 is 2.52 bits per heavy atom. The molecule has 1 aromatic carbocycles. The van der Waals surface area contributed by atoms with Crippen LogP contribution in [0.5, 0.6) is 0 Å². The molecule has 2 fully saturated rings. The zero-order valence-corrected chi connectivity index (χ0v) is 12.0. The highest BCUT2D eigenvalue weighted by molar-refractivity contribution is 5.89. The standard InChI is InChI=1S/C17H19FN2O/c18-14-9-12(11-19)8-13(10-14)17(6-1-2-7-17)16(21)20-15-4-3-5-15/h8-10,15H,1-7H2,(H,20,21). The number of halogens is 1. The molecular formula is C17H19FN2O. The second-order valence-electron chi connectivity index (χ2n) is 6.23. The first-order valence-corrected chi connectivity index (χ1v) is 7.66. The van der Waals surface area contributed by atoms with Gasteiger partial charge in [-0.3, -0.25) is 4.79 Å². The van der Waals surface area contributed by atoms with E-state index in [-0.39, 0.29) is 17.5 Å². The molecule has 0 atom stereocenters. The number of rotatable bonds is 3. The van der Waals surface area contributed by atoms with Gasteiger partial charge < -0.3 is 5.32 Å². The highest BCUT2D eigenvalue weighted by atomic mass is 19.1. The van der Waals surface area contributed by atoms with Crippen molar-refractivity contribution >= 4 is 5.91 Å². The molecule has 0 heterocycles. The number of carbonyl (C=O) groups excluding carboxylic acids is 1. The van der Waals surface area contributed by atoms with Crippen LogP contribution in [0.1, 0.15) is 56.1 Å². The first-order chi connectivity index (χ1) is 10.1. The molecule has 0 saturated heterocycles. The third-order valence-corrected chi connectivity index (χ3v) is 4.91. The van der Waals surface area contributed by atoms with Gasteiger partial charge in [0.15, 0.2) is 0 Å². The summed E-state index contributed by atoms with van der Waals surface area (Å²) in [4.78, 5) is 12.8. The second kappa shape index (κ2) is 5.48. The van der Waals surface area contributed by atoms with Gasteiger partial charge in [0, 0.05) is 6.04 Å². The number of nitrogens with zero attached hydrogens (tertiary/aromatic N) is 1. The van der Waals surface area contributed by atoms with Crippen LogP contribution in [0.25, 0.3) is 0 Å². The van der Waals surface area contributed by atoms with E-state index in [1.807, 2.05) is 6.07 Å². The van der Waals surface area contributed by atoms with Gasteiger partial charge >= 0.3 is 0 Å². The third kappa shape index (κ3) is 2.53. The molecule has 2 aliphatic rings. The molecule has 2 saturated carbocycles. The zero-order chi connectivity index (χ0) is 14.9. The Morgan fingerprint density at radius 1 is 1.24 bits per heavy atom. The highest BCUT2D eigenvalue weighted by Crippen LogP contribution is 2.42. The SMILES string of the molecule is N#Cc1cc(F)cc(C2(C(=O)NC3CCC3)CCCC2)c1. The predicted molar refractivity (Wildman–Crippen MR) is 77.0 cm³/mol. The number of carbonyl (C=O) groups is 1. The maximum Gasteiger partial charge on any atom is 0.230 e. The van der Waals surface area contributed by atoms with Crippen molar-refractivity contribution in [2.24, 2.45) is 0 Å². The van der Waals surface area contributed by atoms with Crippen LogP contribution in [0, 0.1) is 17.1 Å². The molecule has 0 aliphatic heterocycles. The van der Waals surface area contributed by atoms with Gasteiger partial charge in [0.05, 0.1) is 17.0 Å². The Labute approximate surface area is 124 Å². The lowest BCUT2D eigenvalue weighted by atomic mass is 9.76. The van der Waals surface area contributed by atoms with Crippen molar-refractivity contribution in [2.75, 3.05) is 0 Å². The lowest BCUT2D eigenvalue weighted by Crippen LogP contribution is -2.49. The van der Waals surface area contributed by atoms with Crippen molar-refractivity contribution in [3.63, 3.8) is 0 Å². The van der Waals surface area contributed by atoms with E-state index in [2.05, 4.69) is 5.32 Å². The molecular weight excluding hydrogens is 267 g/mol. The lowest BCUT2D eigenvalue weighted by molar-refractivity contribution is -0.128. The van der Waals surface area contributed by atoms with Gasteiger partial charge in [0.25, 0.3) is 0 Å². The molecule has 1 amide bonds.